The molecule has 0 fully saturated rings. The molecule has 0 aromatic rings. The SMILES string of the molecule is CCCCOCCS(=O)(=O)CC(C)C(=O)O. The van der Waals surface area contributed by atoms with Crippen molar-refractivity contribution in [2.45, 2.75) is 26.7 Å². The molecule has 96 valence electrons. The van der Waals surface area contributed by atoms with Crippen LogP contribution in [0.25, 0.3) is 0 Å². The van der Waals surface area contributed by atoms with E-state index in [-0.39, 0.29) is 18.1 Å². The standard InChI is InChI=1S/C10H20O5S/c1-3-4-5-15-6-7-16(13,14)8-9(2)10(11)12/h9H,3-8H2,1-2H3,(H,11,12). The molecule has 0 aliphatic carbocycles. The third-order valence-corrected chi connectivity index (χ3v) is 3.90. The lowest BCUT2D eigenvalue weighted by Crippen LogP contribution is -2.24. The van der Waals surface area contributed by atoms with Crippen molar-refractivity contribution in [2.75, 3.05) is 24.7 Å². The molecule has 1 N–H and O–H groups in total. The van der Waals surface area contributed by atoms with Crippen molar-refractivity contribution in [3.8, 4) is 0 Å². The molecular formula is C10H20O5S. The maximum atomic E-state index is 11.4. The molecule has 0 aliphatic heterocycles. The van der Waals surface area contributed by atoms with Gasteiger partial charge in [-0.15, -0.1) is 0 Å². The third kappa shape index (κ3) is 7.64. The summed E-state index contributed by atoms with van der Waals surface area (Å²) in [5, 5.41) is 8.59. The van der Waals surface area contributed by atoms with Gasteiger partial charge in [0.15, 0.2) is 9.84 Å². The van der Waals surface area contributed by atoms with Crippen molar-refractivity contribution >= 4 is 15.8 Å². The number of carboxylic acid groups (broad SMARTS) is 1. The van der Waals surface area contributed by atoms with E-state index in [4.69, 9.17) is 9.84 Å². The van der Waals surface area contributed by atoms with E-state index in [0.717, 1.165) is 12.8 Å². The van der Waals surface area contributed by atoms with E-state index in [9.17, 15) is 13.2 Å². The van der Waals surface area contributed by atoms with Crippen molar-refractivity contribution in [3.05, 3.63) is 0 Å². The van der Waals surface area contributed by atoms with Crippen LogP contribution < -0.4 is 0 Å². The predicted octanol–water partition coefficient (Wildman–Crippen LogP) is 0.939. The van der Waals surface area contributed by atoms with Gasteiger partial charge in [-0.1, -0.05) is 20.3 Å². The van der Waals surface area contributed by atoms with E-state index < -0.39 is 21.7 Å². The Kier molecular flexibility index (Phi) is 7.33. The Hall–Kier alpha value is -0.620. The van der Waals surface area contributed by atoms with Gasteiger partial charge in [0.2, 0.25) is 0 Å². The zero-order chi connectivity index (χ0) is 12.6. The van der Waals surface area contributed by atoms with Crippen LogP contribution in [-0.2, 0) is 19.4 Å². The van der Waals surface area contributed by atoms with Gasteiger partial charge in [-0.2, -0.15) is 0 Å². The molecular weight excluding hydrogens is 232 g/mol. The maximum absolute atomic E-state index is 11.4. The van der Waals surface area contributed by atoms with Crippen LogP contribution in [0.2, 0.25) is 0 Å². The molecule has 0 aromatic carbocycles. The number of unbranched alkanes of at least 4 members (excludes halogenated alkanes) is 1. The molecule has 5 nitrogen and oxygen atoms in total. The summed E-state index contributed by atoms with van der Waals surface area (Å²) in [5.41, 5.74) is 0. The molecule has 0 aromatic heterocycles. The first-order valence-corrected chi connectivity index (χ1v) is 7.22. The smallest absolute Gasteiger partial charge is 0.307 e. The summed E-state index contributed by atoms with van der Waals surface area (Å²) in [6.07, 6.45) is 1.91. The fraction of sp³-hybridized carbons (Fsp3) is 0.900. The second-order valence-corrected chi connectivity index (χ2v) is 6.05. The number of hydrogen-bond acceptors (Lipinski definition) is 4. The first kappa shape index (κ1) is 15.4. The zero-order valence-electron chi connectivity index (χ0n) is 9.81. The maximum Gasteiger partial charge on any atom is 0.307 e. The van der Waals surface area contributed by atoms with E-state index in [0.29, 0.717) is 6.61 Å². The Bertz CT molecular complexity index is 296. The lowest BCUT2D eigenvalue weighted by Gasteiger charge is -2.08. The number of aliphatic carboxylic acids is 1. The molecule has 0 spiro atoms. The molecule has 1 unspecified atom stereocenters. The lowest BCUT2D eigenvalue weighted by atomic mass is 10.2. The minimum Gasteiger partial charge on any atom is -0.481 e. The zero-order valence-corrected chi connectivity index (χ0v) is 10.6. The highest BCUT2D eigenvalue weighted by Gasteiger charge is 2.20. The highest BCUT2D eigenvalue weighted by atomic mass is 32.2. The van der Waals surface area contributed by atoms with Crippen LogP contribution in [0, 0.1) is 5.92 Å². The molecule has 1 atom stereocenters. The van der Waals surface area contributed by atoms with Crippen molar-refractivity contribution < 1.29 is 23.1 Å². The lowest BCUT2D eigenvalue weighted by molar-refractivity contribution is -0.140. The predicted molar refractivity (Wildman–Crippen MR) is 61.2 cm³/mol. The van der Waals surface area contributed by atoms with E-state index in [1.807, 2.05) is 6.92 Å². The van der Waals surface area contributed by atoms with Crippen molar-refractivity contribution in [1.29, 1.82) is 0 Å². The highest BCUT2D eigenvalue weighted by molar-refractivity contribution is 7.91. The Morgan fingerprint density at radius 2 is 2.00 bits per heavy atom. The number of hydrogen-bond donors (Lipinski definition) is 1. The van der Waals surface area contributed by atoms with E-state index in [1.165, 1.54) is 6.92 Å². The summed E-state index contributed by atoms with van der Waals surface area (Å²) < 4.78 is 28.0. The van der Waals surface area contributed by atoms with Crippen molar-refractivity contribution in [1.82, 2.24) is 0 Å². The summed E-state index contributed by atoms with van der Waals surface area (Å²) in [5.74, 6) is -2.37. The van der Waals surface area contributed by atoms with Crippen LogP contribution in [0.15, 0.2) is 0 Å². The van der Waals surface area contributed by atoms with Gasteiger partial charge in [0.1, 0.15) is 0 Å². The molecule has 16 heavy (non-hydrogen) atoms. The van der Waals surface area contributed by atoms with Crippen LogP contribution >= 0.6 is 0 Å². The molecule has 0 saturated carbocycles. The summed E-state index contributed by atoms with van der Waals surface area (Å²) in [6.45, 7) is 4.11. The number of ether oxygens (including phenoxy) is 1. The van der Waals surface area contributed by atoms with Crippen LogP contribution in [0.4, 0.5) is 0 Å². The van der Waals surface area contributed by atoms with E-state index in [1.54, 1.807) is 0 Å². The van der Waals surface area contributed by atoms with Crippen LogP contribution in [0.3, 0.4) is 0 Å². The molecule has 0 heterocycles. The fourth-order valence-corrected chi connectivity index (χ4v) is 2.51. The van der Waals surface area contributed by atoms with Gasteiger partial charge in [0, 0.05) is 6.61 Å². The second-order valence-electron chi connectivity index (χ2n) is 3.82. The Morgan fingerprint density at radius 3 is 2.50 bits per heavy atom. The quantitative estimate of drug-likeness (QED) is 0.618. The van der Waals surface area contributed by atoms with Gasteiger partial charge in [-0.25, -0.2) is 8.42 Å². The molecule has 0 amide bonds. The van der Waals surface area contributed by atoms with Gasteiger partial charge in [-0.3, -0.25) is 4.79 Å². The molecule has 0 radical (unpaired) electrons. The van der Waals surface area contributed by atoms with Crippen LogP contribution in [0.1, 0.15) is 26.7 Å². The van der Waals surface area contributed by atoms with E-state index >= 15 is 0 Å². The number of sulfone groups is 1. The second kappa shape index (κ2) is 7.62. The monoisotopic (exact) mass is 252 g/mol. The average molecular weight is 252 g/mol. The summed E-state index contributed by atoms with van der Waals surface area (Å²) in [4.78, 5) is 10.5. The van der Waals surface area contributed by atoms with Gasteiger partial charge >= 0.3 is 5.97 Å². The normalized spacial score (nSPS) is 13.6. The molecule has 0 rings (SSSR count). The Balaban J connectivity index is 3.83. The highest BCUT2D eigenvalue weighted by Crippen LogP contribution is 2.02. The average Bonchev–Trinajstić information content (AvgIpc) is 2.16. The van der Waals surface area contributed by atoms with Gasteiger partial charge in [0.05, 0.1) is 24.0 Å². The fourth-order valence-electron chi connectivity index (χ4n) is 1.07. The topological polar surface area (TPSA) is 80.7 Å². The van der Waals surface area contributed by atoms with Crippen molar-refractivity contribution in [3.63, 3.8) is 0 Å². The Labute approximate surface area is 96.7 Å². The summed E-state index contributed by atoms with van der Waals surface area (Å²) in [7, 11) is -3.32. The molecule has 0 aliphatic rings. The van der Waals surface area contributed by atoms with Crippen molar-refractivity contribution in [2.24, 2.45) is 5.92 Å². The number of carbonyl (C=O) groups is 1. The van der Waals surface area contributed by atoms with Gasteiger partial charge < -0.3 is 9.84 Å². The minimum absolute atomic E-state index is 0.103. The number of rotatable bonds is 9. The largest absolute Gasteiger partial charge is 0.481 e. The molecule has 0 saturated heterocycles. The van der Waals surface area contributed by atoms with E-state index in [2.05, 4.69) is 0 Å². The first-order valence-electron chi connectivity index (χ1n) is 5.40. The molecule has 0 bridgehead atoms. The summed E-state index contributed by atoms with van der Waals surface area (Å²) in [6, 6.07) is 0. The first-order chi connectivity index (χ1) is 7.39. The molecule has 6 heteroatoms. The van der Waals surface area contributed by atoms with Crippen LogP contribution in [-0.4, -0.2) is 44.2 Å². The third-order valence-electron chi connectivity index (χ3n) is 2.11. The van der Waals surface area contributed by atoms with Crippen LogP contribution in [0.5, 0.6) is 0 Å². The summed E-state index contributed by atoms with van der Waals surface area (Å²) >= 11 is 0. The number of carboxylic acids is 1. The van der Waals surface area contributed by atoms with Gasteiger partial charge in [-0.05, 0) is 6.42 Å². The minimum atomic E-state index is -3.32. The van der Waals surface area contributed by atoms with Gasteiger partial charge in [0.25, 0.3) is 0 Å². The Morgan fingerprint density at radius 1 is 1.38 bits per heavy atom.